The topological polar surface area (TPSA) is 0 Å². The Morgan fingerprint density at radius 2 is 1.00 bits per heavy atom. The van der Waals surface area contributed by atoms with Gasteiger partial charge in [-0.15, -0.1) is 47.5 Å². The molecule has 0 N–H and O–H groups in total. The second-order valence-electron chi connectivity index (χ2n) is 5.17. The SMILES string of the molecule is [C-]1=C(c2ccccc2)C=CC1.[C-]1=C(c2ccccc2)C=CC1.[Cl][Rh][Cl]. The summed E-state index contributed by atoms with van der Waals surface area (Å²) in [5.74, 6) is 0. The van der Waals surface area contributed by atoms with Gasteiger partial charge < -0.3 is 0 Å². The van der Waals surface area contributed by atoms with Crippen molar-refractivity contribution in [3.05, 3.63) is 108 Å². The van der Waals surface area contributed by atoms with Crippen LogP contribution in [0, 0.1) is 12.2 Å². The fourth-order valence-corrected chi connectivity index (χ4v) is 2.44. The zero-order chi connectivity index (χ0) is 17.7. The Balaban J connectivity index is 0.000000156. The standard InChI is InChI=1S/2C11H9.2ClH.Rh/c2*1-2-6-10(7-3-1)11-8-4-5-9-11;;;/h2*1-4,6-8H,5H2;2*1H;/q2*-1;;;+2/p-2. The van der Waals surface area contributed by atoms with E-state index >= 15 is 0 Å². The van der Waals surface area contributed by atoms with E-state index in [9.17, 15) is 0 Å². The minimum absolute atomic E-state index is 0.226. The molecule has 0 unspecified atom stereocenters. The molecule has 0 bridgehead atoms. The van der Waals surface area contributed by atoms with E-state index in [2.05, 4.69) is 85.0 Å². The molecule has 25 heavy (non-hydrogen) atoms. The third kappa shape index (κ3) is 7.16. The van der Waals surface area contributed by atoms with E-state index < -0.39 is 0 Å². The molecule has 0 heterocycles. The van der Waals surface area contributed by atoms with Crippen LogP contribution in [0.4, 0.5) is 0 Å². The average molecular weight is 456 g/mol. The van der Waals surface area contributed by atoms with E-state index in [-0.39, 0.29) is 15.1 Å². The quantitative estimate of drug-likeness (QED) is 0.336. The van der Waals surface area contributed by atoms with Gasteiger partial charge >= 0.3 is 34.5 Å². The Kier molecular flexibility index (Phi) is 9.59. The summed E-state index contributed by atoms with van der Waals surface area (Å²) in [4.78, 5) is 0. The summed E-state index contributed by atoms with van der Waals surface area (Å²) in [7, 11) is 9.67. The first-order valence-electron chi connectivity index (χ1n) is 7.84. The summed E-state index contributed by atoms with van der Waals surface area (Å²) in [6.07, 6.45) is 17.0. The van der Waals surface area contributed by atoms with E-state index in [1.54, 1.807) is 0 Å². The van der Waals surface area contributed by atoms with Crippen LogP contribution in [0.5, 0.6) is 0 Å². The Bertz CT molecular complexity index is 679. The van der Waals surface area contributed by atoms with Gasteiger partial charge in [0.25, 0.3) is 0 Å². The van der Waals surface area contributed by atoms with Crippen LogP contribution < -0.4 is 0 Å². The van der Waals surface area contributed by atoms with Crippen LogP contribution >= 0.6 is 19.4 Å². The fraction of sp³-hybridized carbons (Fsp3) is 0.0909. The van der Waals surface area contributed by atoms with E-state index in [1.807, 2.05) is 12.1 Å². The molecule has 0 saturated heterocycles. The van der Waals surface area contributed by atoms with Gasteiger partial charge in [-0.25, -0.2) is 0 Å². The molecule has 0 radical (unpaired) electrons. The molecule has 0 nitrogen and oxygen atoms in total. The van der Waals surface area contributed by atoms with Gasteiger partial charge in [0.15, 0.2) is 0 Å². The zero-order valence-corrected chi connectivity index (χ0v) is 16.7. The van der Waals surface area contributed by atoms with Gasteiger partial charge in [-0.2, -0.15) is 35.5 Å². The number of allylic oxidation sites excluding steroid dienone is 8. The van der Waals surface area contributed by atoms with Crippen molar-refractivity contribution < 1.29 is 15.1 Å². The monoisotopic (exact) mass is 455 g/mol. The molecule has 0 saturated carbocycles. The Hall–Kier alpha value is -1.40. The summed E-state index contributed by atoms with van der Waals surface area (Å²) < 4.78 is 0. The Morgan fingerprint density at radius 3 is 1.28 bits per heavy atom. The van der Waals surface area contributed by atoms with Crippen LogP contribution in [0.15, 0.2) is 85.0 Å². The maximum atomic E-state index is 4.83. The molecular formula is C22H18Cl2Rh-2. The van der Waals surface area contributed by atoms with Crippen molar-refractivity contribution in [2.24, 2.45) is 0 Å². The van der Waals surface area contributed by atoms with Crippen LogP contribution in [0.25, 0.3) is 11.1 Å². The molecule has 3 heteroatoms. The van der Waals surface area contributed by atoms with Crippen molar-refractivity contribution in [3.8, 4) is 0 Å². The van der Waals surface area contributed by atoms with Crippen LogP contribution in [-0.2, 0) is 15.1 Å². The van der Waals surface area contributed by atoms with Gasteiger partial charge in [0.05, 0.1) is 0 Å². The molecule has 0 amide bonds. The van der Waals surface area contributed by atoms with Crippen LogP contribution in [0.2, 0.25) is 0 Å². The molecule has 2 aromatic rings. The van der Waals surface area contributed by atoms with E-state index in [1.165, 1.54) is 22.3 Å². The average Bonchev–Trinajstić information content (AvgIpc) is 3.39. The number of rotatable bonds is 2. The maximum absolute atomic E-state index is 4.83. The summed E-state index contributed by atoms with van der Waals surface area (Å²) in [6.45, 7) is 0. The van der Waals surface area contributed by atoms with Crippen LogP contribution in [0.3, 0.4) is 0 Å². The third-order valence-corrected chi connectivity index (χ3v) is 3.56. The van der Waals surface area contributed by atoms with Crippen molar-refractivity contribution >= 4 is 30.5 Å². The molecule has 4 rings (SSSR count). The number of benzene rings is 2. The summed E-state index contributed by atoms with van der Waals surface area (Å²) in [5, 5.41) is 0. The number of hydrogen-bond acceptors (Lipinski definition) is 0. The Morgan fingerprint density at radius 1 is 0.640 bits per heavy atom. The van der Waals surface area contributed by atoms with Crippen molar-refractivity contribution in [1.29, 1.82) is 0 Å². The summed E-state index contributed by atoms with van der Waals surface area (Å²) >= 11 is -0.226. The molecule has 0 spiro atoms. The van der Waals surface area contributed by atoms with Crippen LogP contribution in [0.1, 0.15) is 24.0 Å². The normalized spacial score (nSPS) is 14.2. The summed E-state index contributed by atoms with van der Waals surface area (Å²) in [5.41, 5.74) is 4.98. The van der Waals surface area contributed by atoms with Gasteiger partial charge in [0.2, 0.25) is 0 Å². The molecule has 0 aromatic heterocycles. The predicted octanol–water partition coefficient (Wildman–Crippen LogP) is 7.04. The molecule has 0 atom stereocenters. The molecule has 2 aliphatic carbocycles. The van der Waals surface area contributed by atoms with E-state index in [4.69, 9.17) is 19.4 Å². The molecule has 0 fully saturated rings. The molecule has 2 aliphatic rings. The van der Waals surface area contributed by atoms with Crippen molar-refractivity contribution in [1.82, 2.24) is 0 Å². The van der Waals surface area contributed by atoms with E-state index in [0.717, 1.165) is 12.8 Å². The number of hydrogen-bond donors (Lipinski definition) is 0. The van der Waals surface area contributed by atoms with Crippen molar-refractivity contribution in [2.45, 2.75) is 12.8 Å². The van der Waals surface area contributed by atoms with Gasteiger partial charge in [-0.05, 0) is 0 Å². The third-order valence-electron chi connectivity index (χ3n) is 3.56. The molecule has 0 aliphatic heterocycles. The van der Waals surface area contributed by atoms with Crippen molar-refractivity contribution in [2.75, 3.05) is 0 Å². The van der Waals surface area contributed by atoms with Crippen LogP contribution in [-0.4, -0.2) is 0 Å². The Labute approximate surface area is 166 Å². The number of halogens is 2. The molecule has 2 aromatic carbocycles. The summed E-state index contributed by atoms with van der Waals surface area (Å²) in [6, 6.07) is 20.7. The second kappa shape index (κ2) is 12.0. The van der Waals surface area contributed by atoms with Gasteiger partial charge in [-0.3, -0.25) is 0 Å². The fourth-order valence-electron chi connectivity index (χ4n) is 2.44. The van der Waals surface area contributed by atoms with Gasteiger partial charge in [0, 0.05) is 0 Å². The minimum atomic E-state index is -0.226. The van der Waals surface area contributed by atoms with Crippen molar-refractivity contribution in [3.63, 3.8) is 0 Å². The first kappa shape index (κ1) is 19.9. The second-order valence-corrected chi connectivity index (χ2v) is 7.66. The molecular weight excluding hydrogens is 438 g/mol. The van der Waals surface area contributed by atoms with Gasteiger partial charge in [0.1, 0.15) is 0 Å². The first-order chi connectivity index (χ1) is 12.3. The molecule has 131 valence electrons. The predicted molar refractivity (Wildman–Crippen MR) is 105 cm³/mol. The van der Waals surface area contributed by atoms with E-state index in [0.29, 0.717) is 0 Å². The van der Waals surface area contributed by atoms with Gasteiger partial charge in [-0.1, -0.05) is 49.2 Å². The zero-order valence-electron chi connectivity index (χ0n) is 13.6. The first-order valence-corrected chi connectivity index (χ1v) is 12.1.